The molecule has 0 radical (unpaired) electrons. The molecular formula is C18H13N3O3S. The van der Waals surface area contributed by atoms with E-state index in [1.807, 2.05) is 30.3 Å². The number of thioether (sulfide) groups is 1. The summed E-state index contributed by atoms with van der Waals surface area (Å²) in [7, 11) is 0. The van der Waals surface area contributed by atoms with E-state index in [4.69, 9.17) is 4.42 Å². The van der Waals surface area contributed by atoms with E-state index in [1.165, 1.54) is 11.8 Å². The van der Waals surface area contributed by atoms with Crippen molar-refractivity contribution < 1.29 is 9.21 Å². The van der Waals surface area contributed by atoms with Crippen LogP contribution in [0, 0.1) is 6.92 Å². The molecule has 0 unspecified atom stereocenters. The molecule has 2 aromatic carbocycles. The average Bonchev–Trinajstić information content (AvgIpc) is 3.04. The first kappa shape index (κ1) is 15.6. The van der Waals surface area contributed by atoms with E-state index in [0.29, 0.717) is 16.6 Å². The molecule has 0 spiro atoms. The van der Waals surface area contributed by atoms with Crippen LogP contribution in [0.4, 0.5) is 0 Å². The van der Waals surface area contributed by atoms with Crippen molar-refractivity contribution in [2.24, 2.45) is 0 Å². The van der Waals surface area contributed by atoms with Crippen LogP contribution < -0.4 is 5.63 Å². The summed E-state index contributed by atoms with van der Waals surface area (Å²) in [5, 5.41) is 9.87. The van der Waals surface area contributed by atoms with Gasteiger partial charge >= 0.3 is 5.63 Å². The number of aryl methyl sites for hydroxylation is 1. The highest BCUT2D eigenvalue weighted by Gasteiger charge is 2.16. The molecular weight excluding hydrogens is 338 g/mol. The van der Waals surface area contributed by atoms with E-state index in [-0.39, 0.29) is 17.1 Å². The number of hydrogen-bond donors (Lipinski definition) is 1. The van der Waals surface area contributed by atoms with Gasteiger partial charge in [0.05, 0.1) is 5.75 Å². The lowest BCUT2D eigenvalue weighted by Gasteiger charge is -2.04. The first-order valence-corrected chi connectivity index (χ1v) is 8.61. The van der Waals surface area contributed by atoms with Crippen molar-refractivity contribution in [2.75, 3.05) is 5.75 Å². The summed E-state index contributed by atoms with van der Waals surface area (Å²) >= 11 is 1.18. The Kier molecular flexibility index (Phi) is 3.85. The third kappa shape index (κ3) is 2.94. The molecule has 0 saturated carbocycles. The van der Waals surface area contributed by atoms with Crippen molar-refractivity contribution in [2.45, 2.75) is 12.1 Å². The zero-order valence-corrected chi connectivity index (χ0v) is 14.1. The standard InChI is InChI=1S/C18H13N3O3S/c1-10-19-18(21-20-10)25-9-15(22)14-8-13-12-5-3-2-4-11(12)6-7-16(13)24-17(14)23/h2-8H,9H2,1H3,(H,19,20,21). The lowest BCUT2D eigenvalue weighted by atomic mass is 10.0. The van der Waals surface area contributed by atoms with E-state index in [1.54, 1.807) is 19.1 Å². The summed E-state index contributed by atoms with van der Waals surface area (Å²) in [6, 6.07) is 13.0. The molecule has 25 heavy (non-hydrogen) atoms. The van der Waals surface area contributed by atoms with Gasteiger partial charge in [-0.05, 0) is 29.8 Å². The summed E-state index contributed by atoms with van der Waals surface area (Å²) < 4.78 is 5.36. The van der Waals surface area contributed by atoms with Crippen LogP contribution in [0.3, 0.4) is 0 Å². The van der Waals surface area contributed by atoms with Crippen LogP contribution >= 0.6 is 11.8 Å². The second-order valence-corrected chi connectivity index (χ2v) is 6.50. The number of aromatic nitrogens is 3. The molecule has 4 rings (SSSR count). The third-order valence-electron chi connectivity index (χ3n) is 3.85. The van der Waals surface area contributed by atoms with Crippen LogP contribution in [0.1, 0.15) is 16.2 Å². The number of benzene rings is 2. The SMILES string of the molecule is Cc1nc(SCC(=O)c2cc3c(ccc4ccccc43)oc2=O)n[nH]1. The Hall–Kier alpha value is -2.93. The van der Waals surface area contributed by atoms with Gasteiger partial charge in [0.2, 0.25) is 5.16 Å². The predicted molar refractivity (Wildman–Crippen MR) is 96.2 cm³/mol. The first-order valence-electron chi connectivity index (χ1n) is 7.62. The molecule has 1 N–H and O–H groups in total. The number of H-pyrrole nitrogens is 1. The van der Waals surface area contributed by atoms with Crippen LogP contribution in [0.2, 0.25) is 0 Å². The van der Waals surface area contributed by atoms with Crippen LogP contribution in [0.5, 0.6) is 0 Å². The van der Waals surface area contributed by atoms with Crippen molar-refractivity contribution >= 4 is 39.3 Å². The predicted octanol–water partition coefficient (Wildman–Crippen LogP) is 3.35. The number of aromatic amines is 1. The lowest BCUT2D eigenvalue weighted by Crippen LogP contribution is -2.15. The molecule has 0 bridgehead atoms. The Bertz CT molecular complexity index is 1160. The Morgan fingerprint density at radius 2 is 2.04 bits per heavy atom. The van der Waals surface area contributed by atoms with E-state index >= 15 is 0 Å². The molecule has 4 aromatic rings. The maximum absolute atomic E-state index is 12.5. The fourth-order valence-electron chi connectivity index (χ4n) is 2.66. The number of rotatable bonds is 4. The summed E-state index contributed by atoms with van der Waals surface area (Å²) in [5.41, 5.74) is -0.111. The monoisotopic (exact) mass is 351 g/mol. The van der Waals surface area contributed by atoms with Crippen molar-refractivity contribution in [1.29, 1.82) is 0 Å². The minimum absolute atomic E-state index is 0.0450. The maximum atomic E-state index is 12.5. The van der Waals surface area contributed by atoms with Crippen molar-refractivity contribution in [3.63, 3.8) is 0 Å². The van der Waals surface area contributed by atoms with Crippen LogP contribution in [0.25, 0.3) is 21.7 Å². The van der Waals surface area contributed by atoms with Crippen LogP contribution in [0.15, 0.2) is 56.8 Å². The third-order valence-corrected chi connectivity index (χ3v) is 4.70. The van der Waals surface area contributed by atoms with Gasteiger partial charge in [-0.15, -0.1) is 5.10 Å². The number of fused-ring (bicyclic) bond motifs is 3. The molecule has 2 aromatic heterocycles. The largest absolute Gasteiger partial charge is 0.422 e. The number of carbonyl (C=O) groups excluding carboxylic acids is 1. The Balaban J connectivity index is 1.73. The quantitative estimate of drug-likeness (QED) is 0.262. The molecule has 0 aliphatic heterocycles. The molecule has 7 heteroatoms. The molecule has 124 valence electrons. The van der Waals surface area contributed by atoms with Gasteiger partial charge in [0.15, 0.2) is 5.78 Å². The Labute approximate surface area is 146 Å². The zero-order valence-electron chi connectivity index (χ0n) is 13.3. The minimum atomic E-state index is -0.625. The number of nitrogens with one attached hydrogen (secondary N) is 1. The highest BCUT2D eigenvalue weighted by molar-refractivity contribution is 7.99. The first-order chi connectivity index (χ1) is 12.1. The molecule has 2 heterocycles. The summed E-state index contributed by atoms with van der Waals surface area (Å²) in [5.74, 6) is 0.431. The summed E-state index contributed by atoms with van der Waals surface area (Å²) in [6.07, 6.45) is 0. The van der Waals surface area contributed by atoms with E-state index in [9.17, 15) is 9.59 Å². The number of nitrogens with zero attached hydrogens (tertiary/aromatic N) is 2. The van der Waals surface area contributed by atoms with Crippen molar-refractivity contribution in [3.05, 3.63) is 64.3 Å². The number of ketones is 1. The van der Waals surface area contributed by atoms with Gasteiger partial charge in [-0.3, -0.25) is 9.89 Å². The highest BCUT2D eigenvalue weighted by Crippen LogP contribution is 2.25. The fourth-order valence-corrected chi connectivity index (χ4v) is 3.39. The van der Waals surface area contributed by atoms with E-state index in [2.05, 4.69) is 15.2 Å². The molecule has 0 atom stereocenters. The molecule has 0 fully saturated rings. The average molecular weight is 351 g/mol. The van der Waals surface area contributed by atoms with Gasteiger partial charge in [0.1, 0.15) is 17.0 Å². The summed E-state index contributed by atoms with van der Waals surface area (Å²) in [6.45, 7) is 1.78. The van der Waals surface area contributed by atoms with Crippen LogP contribution in [-0.4, -0.2) is 26.7 Å². The Morgan fingerprint density at radius 1 is 1.20 bits per heavy atom. The van der Waals surface area contributed by atoms with Gasteiger partial charge in [0.25, 0.3) is 0 Å². The minimum Gasteiger partial charge on any atom is -0.422 e. The van der Waals surface area contributed by atoms with Crippen LogP contribution in [-0.2, 0) is 0 Å². The highest BCUT2D eigenvalue weighted by atomic mass is 32.2. The second-order valence-electron chi connectivity index (χ2n) is 5.56. The smallest absolute Gasteiger partial charge is 0.347 e. The normalized spacial score (nSPS) is 11.2. The number of carbonyl (C=O) groups is 1. The number of hydrogen-bond acceptors (Lipinski definition) is 6. The lowest BCUT2D eigenvalue weighted by molar-refractivity contribution is 0.101. The van der Waals surface area contributed by atoms with Crippen molar-refractivity contribution in [1.82, 2.24) is 15.2 Å². The molecule has 0 aliphatic carbocycles. The second kappa shape index (κ2) is 6.18. The van der Waals surface area contributed by atoms with E-state index in [0.717, 1.165) is 16.2 Å². The van der Waals surface area contributed by atoms with Gasteiger partial charge < -0.3 is 4.42 Å². The fraction of sp³-hybridized carbons (Fsp3) is 0.111. The van der Waals surface area contributed by atoms with E-state index < -0.39 is 5.63 Å². The van der Waals surface area contributed by atoms with Gasteiger partial charge in [-0.2, -0.15) is 0 Å². The topological polar surface area (TPSA) is 88.8 Å². The number of Topliss-reactive ketones (excluding diaryl/α,β-unsaturated/α-hetero) is 1. The summed E-state index contributed by atoms with van der Waals surface area (Å²) in [4.78, 5) is 28.8. The molecule has 0 saturated heterocycles. The van der Waals surface area contributed by atoms with Crippen molar-refractivity contribution in [3.8, 4) is 0 Å². The molecule has 0 amide bonds. The molecule has 6 nitrogen and oxygen atoms in total. The molecule has 0 aliphatic rings. The maximum Gasteiger partial charge on any atom is 0.347 e. The van der Waals surface area contributed by atoms with Gasteiger partial charge in [-0.1, -0.05) is 42.1 Å². The Morgan fingerprint density at radius 3 is 2.84 bits per heavy atom. The van der Waals surface area contributed by atoms with Gasteiger partial charge in [0, 0.05) is 5.39 Å². The van der Waals surface area contributed by atoms with Gasteiger partial charge in [-0.25, -0.2) is 9.78 Å². The zero-order chi connectivity index (χ0) is 17.4.